The standard InChI is InChI=1S/C19H22N2O6/c1-3-26-17(24)19(11-15(20)22,18(25)27-4-2)10-12-9-16(23)21-14-8-6-5-7-13(12)14/h5-9H,3-4,10-11H2,1-2H3,(H2,20,22)(H,21,23). The molecule has 1 amide bonds. The molecule has 2 aromatic rings. The number of nitrogens with two attached hydrogens (primary N) is 1. The second-order valence-electron chi connectivity index (χ2n) is 6.05. The molecule has 144 valence electrons. The zero-order chi connectivity index (χ0) is 20.0. The minimum absolute atomic E-state index is 0.00880. The van der Waals surface area contributed by atoms with Crippen molar-refractivity contribution >= 4 is 28.7 Å². The number of H-pyrrole nitrogens is 1. The van der Waals surface area contributed by atoms with Crippen LogP contribution in [-0.2, 0) is 30.3 Å². The second-order valence-corrected chi connectivity index (χ2v) is 6.05. The Morgan fingerprint density at radius 1 is 1.07 bits per heavy atom. The van der Waals surface area contributed by atoms with Crippen LogP contribution in [0.25, 0.3) is 10.9 Å². The predicted molar refractivity (Wildman–Crippen MR) is 97.8 cm³/mol. The molecule has 0 spiro atoms. The van der Waals surface area contributed by atoms with Crippen LogP contribution in [0.4, 0.5) is 0 Å². The van der Waals surface area contributed by atoms with Gasteiger partial charge in [0.15, 0.2) is 5.41 Å². The lowest BCUT2D eigenvalue weighted by Crippen LogP contribution is -2.46. The molecule has 27 heavy (non-hydrogen) atoms. The van der Waals surface area contributed by atoms with Gasteiger partial charge in [0.05, 0.1) is 19.6 Å². The number of primary amides is 1. The number of carbonyl (C=O) groups is 3. The van der Waals surface area contributed by atoms with Crippen LogP contribution in [0.2, 0.25) is 0 Å². The van der Waals surface area contributed by atoms with Gasteiger partial charge in [0, 0.05) is 23.4 Å². The van der Waals surface area contributed by atoms with Crippen molar-refractivity contribution in [3.63, 3.8) is 0 Å². The van der Waals surface area contributed by atoms with Gasteiger partial charge in [0.25, 0.3) is 0 Å². The normalized spacial score (nSPS) is 11.2. The van der Waals surface area contributed by atoms with Crippen LogP contribution in [0.5, 0.6) is 0 Å². The number of carbonyl (C=O) groups excluding carboxylic acids is 3. The summed E-state index contributed by atoms with van der Waals surface area (Å²) in [6, 6.07) is 8.23. The molecule has 0 unspecified atom stereocenters. The van der Waals surface area contributed by atoms with Gasteiger partial charge in [0.1, 0.15) is 0 Å². The first-order valence-electron chi connectivity index (χ1n) is 8.57. The molecule has 3 N–H and O–H groups in total. The number of hydrogen-bond acceptors (Lipinski definition) is 6. The summed E-state index contributed by atoms with van der Waals surface area (Å²) < 4.78 is 10.1. The number of amides is 1. The first-order chi connectivity index (χ1) is 12.8. The number of aromatic amines is 1. The van der Waals surface area contributed by atoms with E-state index in [4.69, 9.17) is 15.2 Å². The SMILES string of the molecule is CCOC(=O)C(CC(N)=O)(Cc1cc(=O)[nH]c2ccccc12)C(=O)OCC. The van der Waals surface area contributed by atoms with Crippen molar-refractivity contribution in [1.29, 1.82) is 0 Å². The molecule has 0 fully saturated rings. The largest absolute Gasteiger partial charge is 0.465 e. The number of pyridine rings is 1. The smallest absolute Gasteiger partial charge is 0.324 e. The number of esters is 2. The van der Waals surface area contributed by atoms with Crippen molar-refractivity contribution in [2.75, 3.05) is 13.2 Å². The summed E-state index contributed by atoms with van der Waals surface area (Å²) in [5.74, 6) is -2.68. The molecule has 0 saturated heterocycles. The monoisotopic (exact) mass is 374 g/mol. The molecular weight excluding hydrogens is 352 g/mol. The van der Waals surface area contributed by atoms with Crippen LogP contribution in [0.15, 0.2) is 35.1 Å². The Labute approximate surface area is 155 Å². The molecule has 2 rings (SSSR count). The van der Waals surface area contributed by atoms with Crippen molar-refractivity contribution in [2.24, 2.45) is 11.1 Å². The highest BCUT2D eigenvalue weighted by atomic mass is 16.6. The van der Waals surface area contributed by atoms with E-state index in [1.807, 2.05) is 0 Å². The Hall–Kier alpha value is -3.16. The third-order valence-corrected chi connectivity index (χ3v) is 4.14. The van der Waals surface area contributed by atoms with Crippen LogP contribution in [0.3, 0.4) is 0 Å². The highest BCUT2D eigenvalue weighted by molar-refractivity contribution is 6.04. The van der Waals surface area contributed by atoms with E-state index in [0.717, 1.165) is 0 Å². The fraction of sp³-hybridized carbons (Fsp3) is 0.368. The number of rotatable bonds is 8. The van der Waals surface area contributed by atoms with Gasteiger partial charge in [-0.1, -0.05) is 18.2 Å². The van der Waals surface area contributed by atoms with E-state index in [0.29, 0.717) is 16.5 Å². The zero-order valence-corrected chi connectivity index (χ0v) is 15.2. The van der Waals surface area contributed by atoms with Crippen molar-refractivity contribution in [2.45, 2.75) is 26.7 Å². The molecule has 8 nitrogen and oxygen atoms in total. The molecular formula is C19H22N2O6. The number of para-hydroxylation sites is 1. The number of ether oxygens (including phenoxy) is 2. The van der Waals surface area contributed by atoms with Gasteiger partial charge in [-0.25, -0.2) is 0 Å². The summed E-state index contributed by atoms with van der Waals surface area (Å²) >= 11 is 0. The Morgan fingerprint density at radius 2 is 1.67 bits per heavy atom. The van der Waals surface area contributed by atoms with E-state index in [-0.39, 0.29) is 19.6 Å². The molecule has 1 heterocycles. The van der Waals surface area contributed by atoms with Gasteiger partial charge in [-0.15, -0.1) is 0 Å². The maximum Gasteiger partial charge on any atom is 0.324 e. The van der Waals surface area contributed by atoms with Gasteiger partial charge in [-0.2, -0.15) is 0 Å². The quantitative estimate of drug-likeness (QED) is 0.525. The third kappa shape index (κ3) is 4.33. The minimum atomic E-state index is -1.96. The van der Waals surface area contributed by atoms with Gasteiger partial charge < -0.3 is 20.2 Å². The molecule has 0 atom stereocenters. The van der Waals surface area contributed by atoms with Gasteiger partial charge in [-0.05, 0) is 25.5 Å². The fourth-order valence-electron chi connectivity index (χ4n) is 3.02. The van der Waals surface area contributed by atoms with Crippen LogP contribution in [0.1, 0.15) is 25.8 Å². The number of fused-ring (bicyclic) bond motifs is 1. The lowest BCUT2D eigenvalue weighted by molar-refractivity contribution is -0.174. The lowest BCUT2D eigenvalue weighted by atomic mass is 9.77. The van der Waals surface area contributed by atoms with Crippen LogP contribution >= 0.6 is 0 Å². The van der Waals surface area contributed by atoms with E-state index in [1.54, 1.807) is 38.1 Å². The third-order valence-electron chi connectivity index (χ3n) is 4.14. The molecule has 0 aliphatic rings. The topological polar surface area (TPSA) is 129 Å². The van der Waals surface area contributed by atoms with E-state index in [2.05, 4.69) is 4.98 Å². The summed E-state index contributed by atoms with van der Waals surface area (Å²) in [4.78, 5) is 51.9. The molecule has 0 aliphatic carbocycles. The Morgan fingerprint density at radius 3 is 2.22 bits per heavy atom. The van der Waals surface area contributed by atoms with Gasteiger partial charge >= 0.3 is 11.9 Å². The highest BCUT2D eigenvalue weighted by Gasteiger charge is 2.50. The van der Waals surface area contributed by atoms with Crippen molar-refractivity contribution in [3.05, 3.63) is 46.2 Å². The molecule has 1 aromatic carbocycles. The van der Waals surface area contributed by atoms with Gasteiger partial charge in [0.2, 0.25) is 11.5 Å². The maximum atomic E-state index is 12.7. The minimum Gasteiger partial charge on any atom is -0.465 e. The number of nitrogens with one attached hydrogen (secondary N) is 1. The van der Waals surface area contributed by atoms with Crippen molar-refractivity contribution in [3.8, 4) is 0 Å². The number of benzene rings is 1. The summed E-state index contributed by atoms with van der Waals surface area (Å²) in [6.45, 7) is 3.19. The molecule has 0 saturated carbocycles. The average Bonchev–Trinajstić information content (AvgIpc) is 2.60. The zero-order valence-electron chi connectivity index (χ0n) is 15.2. The highest BCUT2D eigenvalue weighted by Crippen LogP contribution is 2.33. The molecule has 0 bridgehead atoms. The van der Waals surface area contributed by atoms with E-state index >= 15 is 0 Å². The van der Waals surface area contributed by atoms with E-state index < -0.39 is 35.2 Å². The molecule has 0 aliphatic heterocycles. The Kier molecular flexibility index (Phi) is 6.33. The molecule has 0 radical (unpaired) electrons. The Balaban J connectivity index is 2.66. The predicted octanol–water partition coefficient (Wildman–Crippen LogP) is 1.06. The first kappa shape index (κ1) is 20.2. The Bertz CT molecular complexity index is 900. The van der Waals surface area contributed by atoms with E-state index in [9.17, 15) is 19.2 Å². The number of hydrogen-bond donors (Lipinski definition) is 2. The summed E-state index contributed by atoms with van der Waals surface area (Å²) in [5, 5.41) is 0.638. The summed E-state index contributed by atoms with van der Waals surface area (Å²) in [6.07, 6.45) is -0.843. The maximum absolute atomic E-state index is 12.7. The van der Waals surface area contributed by atoms with Gasteiger partial charge in [-0.3, -0.25) is 19.2 Å². The summed E-state index contributed by atoms with van der Waals surface area (Å²) in [5.41, 5.74) is 3.91. The lowest BCUT2D eigenvalue weighted by Gasteiger charge is -2.28. The molecule has 8 heteroatoms. The fourth-order valence-corrected chi connectivity index (χ4v) is 3.02. The van der Waals surface area contributed by atoms with E-state index in [1.165, 1.54) is 6.07 Å². The average molecular weight is 374 g/mol. The van der Waals surface area contributed by atoms with Crippen LogP contribution in [-0.4, -0.2) is 36.0 Å². The molecule has 1 aromatic heterocycles. The summed E-state index contributed by atoms with van der Waals surface area (Å²) in [7, 11) is 0. The first-order valence-corrected chi connectivity index (χ1v) is 8.57. The van der Waals surface area contributed by atoms with Crippen molar-refractivity contribution in [1.82, 2.24) is 4.98 Å². The van der Waals surface area contributed by atoms with Crippen molar-refractivity contribution < 1.29 is 23.9 Å². The van der Waals surface area contributed by atoms with Crippen LogP contribution in [0, 0.1) is 5.41 Å². The van der Waals surface area contributed by atoms with Crippen LogP contribution < -0.4 is 11.3 Å². The second kappa shape index (κ2) is 8.48. The number of aromatic nitrogens is 1.